The number of anilines is 1. The molecule has 1 aromatic carbocycles. The predicted octanol–water partition coefficient (Wildman–Crippen LogP) is 4.26. The molecule has 0 saturated heterocycles. The van der Waals surface area contributed by atoms with Crippen molar-refractivity contribution in [2.75, 3.05) is 5.32 Å². The van der Waals surface area contributed by atoms with Crippen LogP contribution in [0.2, 0.25) is 0 Å². The first-order valence-corrected chi connectivity index (χ1v) is 7.48. The van der Waals surface area contributed by atoms with Gasteiger partial charge in [0.2, 0.25) is 0 Å². The summed E-state index contributed by atoms with van der Waals surface area (Å²) in [7, 11) is 0. The van der Waals surface area contributed by atoms with Crippen LogP contribution >= 0.6 is 12.2 Å². The van der Waals surface area contributed by atoms with Gasteiger partial charge in [-0.3, -0.25) is 0 Å². The smallest absolute Gasteiger partial charge is 0.106 e. The summed E-state index contributed by atoms with van der Waals surface area (Å²) in [5.41, 5.74) is 8.97. The number of nitrogens with two attached hydrogens (primary N) is 1. The zero-order valence-corrected chi connectivity index (χ0v) is 13.3. The molecule has 0 saturated carbocycles. The zero-order valence-electron chi connectivity index (χ0n) is 12.5. The lowest BCUT2D eigenvalue weighted by atomic mass is 10.0. The van der Waals surface area contributed by atoms with Crippen LogP contribution in [0.4, 0.5) is 5.69 Å². The Morgan fingerprint density at radius 1 is 1.26 bits per heavy atom. The molecule has 0 bridgehead atoms. The summed E-state index contributed by atoms with van der Waals surface area (Å²) in [6.45, 7) is 8.80. The Labute approximate surface area is 122 Å². The monoisotopic (exact) mass is 278 g/mol. The highest BCUT2D eigenvalue weighted by Crippen LogP contribution is 2.20. The molecule has 3 N–H and O–H groups in total. The van der Waals surface area contributed by atoms with E-state index in [9.17, 15) is 0 Å². The molecule has 1 aromatic rings. The largest absolute Gasteiger partial charge is 0.389 e. The summed E-state index contributed by atoms with van der Waals surface area (Å²) >= 11 is 5.12. The Bertz CT molecular complexity index is 427. The molecule has 0 heterocycles. The van der Waals surface area contributed by atoms with Crippen molar-refractivity contribution in [3.05, 3.63) is 29.3 Å². The third-order valence-corrected chi connectivity index (χ3v) is 3.48. The van der Waals surface area contributed by atoms with E-state index in [-0.39, 0.29) is 0 Å². The second-order valence-electron chi connectivity index (χ2n) is 5.78. The van der Waals surface area contributed by atoms with E-state index in [1.165, 1.54) is 24.8 Å². The summed E-state index contributed by atoms with van der Waals surface area (Å²) in [5.74, 6) is 0.777. The minimum atomic E-state index is 0.439. The van der Waals surface area contributed by atoms with Crippen molar-refractivity contribution in [3.63, 3.8) is 0 Å². The molecular formula is C16H26N2S. The topological polar surface area (TPSA) is 38.0 Å². The van der Waals surface area contributed by atoms with Gasteiger partial charge in [0, 0.05) is 17.3 Å². The van der Waals surface area contributed by atoms with Crippen LogP contribution in [0.25, 0.3) is 0 Å². The highest BCUT2D eigenvalue weighted by molar-refractivity contribution is 7.80. The third-order valence-electron chi connectivity index (χ3n) is 3.26. The van der Waals surface area contributed by atoms with Crippen LogP contribution in [0.5, 0.6) is 0 Å². The van der Waals surface area contributed by atoms with Gasteiger partial charge in [0.05, 0.1) is 0 Å². The Morgan fingerprint density at radius 3 is 2.53 bits per heavy atom. The van der Waals surface area contributed by atoms with E-state index >= 15 is 0 Å². The molecule has 0 aliphatic rings. The molecule has 2 nitrogen and oxygen atoms in total. The van der Waals surface area contributed by atoms with Crippen LogP contribution in [0.15, 0.2) is 18.2 Å². The van der Waals surface area contributed by atoms with Crippen molar-refractivity contribution in [2.45, 2.75) is 53.0 Å². The Morgan fingerprint density at radius 2 is 1.95 bits per heavy atom. The maximum atomic E-state index is 5.79. The van der Waals surface area contributed by atoms with Gasteiger partial charge in [-0.1, -0.05) is 50.5 Å². The third kappa shape index (κ3) is 5.60. The second-order valence-corrected chi connectivity index (χ2v) is 6.22. The fraction of sp³-hybridized carbons (Fsp3) is 0.562. The van der Waals surface area contributed by atoms with E-state index in [1.807, 2.05) is 6.07 Å². The van der Waals surface area contributed by atoms with Crippen LogP contribution in [-0.2, 0) is 0 Å². The number of thiocarbonyl (C=S) groups is 1. The Kier molecular flexibility index (Phi) is 6.29. The molecular weight excluding hydrogens is 252 g/mol. The fourth-order valence-electron chi connectivity index (χ4n) is 2.16. The first-order chi connectivity index (χ1) is 8.90. The van der Waals surface area contributed by atoms with E-state index in [1.54, 1.807) is 0 Å². The number of rotatable bonds is 7. The Hall–Kier alpha value is -1.09. The van der Waals surface area contributed by atoms with Crippen molar-refractivity contribution in [1.29, 1.82) is 0 Å². The molecule has 0 fully saturated rings. The standard InChI is InChI=1S/C16H26N2S/c1-11(2)6-5-7-13(4)18-15-9-8-12(3)10-14(15)16(17)19/h8-11,13,18H,5-7H2,1-4H3,(H2,17,19). The summed E-state index contributed by atoms with van der Waals surface area (Å²) in [6, 6.07) is 6.65. The fourth-order valence-corrected chi connectivity index (χ4v) is 2.33. The predicted molar refractivity (Wildman–Crippen MR) is 88.8 cm³/mol. The minimum Gasteiger partial charge on any atom is -0.389 e. The van der Waals surface area contributed by atoms with Crippen molar-refractivity contribution in [3.8, 4) is 0 Å². The van der Waals surface area contributed by atoms with Crippen molar-refractivity contribution in [1.82, 2.24) is 0 Å². The number of hydrogen-bond donors (Lipinski definition) is 2. The van der Waals surface area contributed by atoms with Crippen molar-refractivity contribution < 1.29 is 0 Å². The summed E-state index contributed by atoms with van der Waals surface area (Å²) < 4.78 is 0. The van der Waals surface area contributed by atoms with Gasteiger partial charge in [-0.25, -0.2) is 0 Å². The van der Waals surface area contributed by atoms with Crippen molar-refractivity contribution >= 4 is 22.9 Å². The zero-order chi connectivity index (χ0) is 14.4. The van der Waals surface area contributed by atoms with E-state index in [0.717, 1.165) is 17.2 Å². The lowest BCUT2D eigenvalue weighted by Gasteiger charge is -2.18. The SMILES string of the molecule is Cc1ccc(NC(C)CCCC(C)C)c(C(N)=S)c1. The molecule has 19 heavy (non-hydrogen) atoms. The van der Waals surface area contributed by atoms with E-state index < -0.39 is 0 Å². The van der Waals surface area contributed by atoms with Crippen LogP contribution in [0, 0.1) is 12.8 Å². The van der Waals surface area contributed by atoms with Crippen LogP contribution < -0.4 is 11.1 Å². The van der Waals surface area contributed by atoms with Gasteiger partial charge in [-0.05, 0) is 38.3 Å². The molecule has 1 rings (SSSR count). The summed E-state index contributed by atoms with van der Waals surface area (Å²) in [6.07, 6.45) is 3.70. The van der Waals surface area contributed by atoms with Gasteiger partial charge in [0.15, 0.2) is 0 Å². The molecule has 106 valence electrons. The molecule has 0 spiro atoms. The lowest BCUT2D eigenvalue weighted by Crippen LogP contribution is -2.19. The van der Waals surface area contributed by atoms with Gasteiger partial charge in [-0.15, -0.1) is 0 Å². The maximum Gasteiger partial charge on any atom is 0.106 e. The number of hydrogen-bond acceptors (Lipinski definition) is 2. The summed E-state index contributed by atoms with van der Waals surface area (Å²) in [5, 5.41) is 3.53. The van der Waals surface area contributed by atoms with Crippen molar-refractivity contribution in [2.24, 2.45) is 11.7 Å². The van der Waals surface area contributed by atoms with E-state index in [4.69, 9.17) is 18.0 Å². The first-order valence-electron chi connectivity index (χ1n) is 7.07. The molecule has 1 unspecified atom stereocenters. The number of nitrogens with one attached hydrogen (secondary N) is 1. The highest BCUT2D eigenvalue weighted by atomic mass is 32.1. The molecule has 1 atom stereocenters. The molecule has 0 aliphatic heterocycles. The first kappa shape index (κ1) is 16.0. The normalized spacial score (nSPS) is 12.5. The van der Waals surface area contributed by atoms with Gasteiger partial charge >= 0.3 is 0 Å². The highest BCUT2D eigenvalue weighted by Gasteiger charge is 2.09. The minimum absolute atomic E-state index is 0.439. The molecule has 0 radical (unpaired) electrons. The quantitative estimate of drug-likeness (QED) is 0.732. The van der Waals surface area contributed by atoms with Crippen LogP contribution in [0.1, 0.15) is 51.2 Å². The average Bonchev–Trinajstić information content (AvgIpc) is 2.30. The molecule has 0 aliphatic carbocycles. The second kappa shape index (κ2) is 7.49. The van der Waals surface area contributed by atoms with E-state index in [0.29, 0.717) is 11.0 Å². The van der Waals surface area contributed by atoms with E-state index in [2.05, 4.69) is 45.1 Å². The average molecular weight is 278 g/mol. The molecule has 0 amide bonds. The number of benzene rings is 1. The molecule has 0 aromatic heterocycles. The maximum absolute atomic E-state index is 5.79. The lowest BCUT2D eigenvalue weighted by molar-refractivity contribution is 0.520. The Balaban J connectivity index is 2.63. The van der Waals surface area contributed by atoms with Gasteiger partial charge in [0.1, 0.15) is 4.99 Å². The van der Waals surface area contributed by atoms with Gasteiger partial charge in [0.25, 0.3) is 0 Å². The van der Waals surface area contributed by atoms with Crippen LogP contribution in [0.3, 0.4) is 0 Å². The summed E-state index contributed by atoms with van der Waals surface area (Å²) in [4.78, 5) is 0.459. The van der Waals surface area contributed by atoms with Gasteiger partial charge < -0.3 is 11.1 Å². The van der Waals surface area contributed by atoms with Gasteiger partial charge in [-0.2, -0.15) is 0 Å². The molecule has 3 heteroatoms. The van der Waals surface area contributed by atoms with Crippen LogP contribution in [-0.4, -0.2) is 11.0 Å². The number of aryl methyl sites for hydroxylation is 1.